The zero-order valence-electron chi connectivity index (χ0n) is 12.5. The van der Waals surface area contributed by atoms with Gasteiger partial charge < -0.3 is 9.26 Å². The molecule has 23 heavy (non-hydrogen) atoms. The molecular formula is C15H16F3N3O2. The van der Waals surface area contributed by atoms with Crippen molar-refractivity contribution in [3.8, 4) is 0 Å². The summed E-state index contributed by atoms with van der Waals surface area (Å²) in [6.07, 6.45) is -5.03. The van der Waals surface area contributed by atoms with E-state index in [4.69, 9.17) is 9.26 Å². The molecule has 3 rings (SSSR count). The van der Waals surface area contributed by atoms with Gasteiger partial charge in [-0.3, -0.25) is 4.90 Å². The van der Waals surface area contributed by atoms with E-state index in [0.29, 0.717) is 38.0 Å². The van der Waals surface area contributed by atoms with Crippen LogP contribution in [0.3, 0.4) is 0 Å². The van der Waals surface area contributed by atoms with Gasteiger partial charge in [0, 0.05) is 20.0 Å². The van der Waals surface area contributed by atoms with E-state index in [0.717, 1.165) is 6.07 Å². The molecule has 1 atom stereocenters. The molecule has 1 aliphatic heterocycles. The van der Waals surface area contributed by atoms with Gasteiger partial charge in [-0.15, -0.1) is 0 Å². The Hall–Kier alpha value is -1.93. The molecule has 0 aliphatic carbocycles. The van der Waals surface area contributed by atoms with Crippen LogP contribution >= 0.6 is 0 Å². The smallest absolute Gasteiger partial charge is 0.371 e. The molecule has 1 fully saturated rings. The van der Waals surface area contributed by atoms with Crippen LogP contribution in [-0.2, 0) is 17.5 Å². The predicted molar refractivity (Wildman–Crippen MR) is 74.4 cm³/mol. The molecule has 1 aliphatic rings. The van der Waals surface area contributed by atoms with Gasteiger partial charge >= 0.3 is 6.18 Å². The number of alkyl halides is 3. The SMILES string of the molecule is Cc1nc(CN2CCO[C@@H](c3ccccc3C(F)(F)F)C2)no1. The fourth-order valence-corrected chi connectivity index (χ4v) is 2.68. The highest BCUT2D eigenvalue weighted by Gasteiger charge is 2.36. The molecular weight excluding hydrogens is 311 g/mol. The van der Waals surface area contributed by atoms with Crippen LogP contribution in [0, 0.1) is 6.92 Å². The zero-order chi connectivity index (χ0) is 16.4. The third-order valence-electron chi connectivity index (χ3n) is 3.70. The standard InChI is InChI=1S/C15H16F3N3O2/c1-10-19-14(20-23-10)9-21-6-7-22-13(8-21)11-4-2-3-5-12(11)15(16,17)18/h2-5,13H,6-9H2,1H3/t13-/m1/s1. The van der Waals surface area contributed by atoms with E-state index in [2.05, 4.69) is 10.1 Å². The topological polar surface area (TPSA) is 51.4 Å². The van der Waals surface area contributed by atoms with E-state index in [-0.39, 0.29) is 5.56 Å². The second-order valence-electron chi connectivity index (χ2n) is 5.41. The summed E-state index contributed by atoms with van der Waals surface area (Å²) in [7, 11) is 0. The minimum atomic E-state index is -4.40. The lowest BCUT2D eigenvalue weighted by Crippen LogP contribution is -2.38. The van der Waals surface area contributed by atoms with Crippen molar-refractivity contribution < 1.29 is 22.4 Å². The number of rotatable bonds is 3. The summed E-state index contributed by atoms with van der Waals surface area (Å²) in [4.78, 5) is 6.08. The highest BCUT2D eigenvalue weighted by Crippen LogP contribution is 2.36. The Morgan fingerprint density at radius 1 is 1.30 bits per heavy atom. The number of hydrogen-bond donors (Lipinski definition) is 0. The van der Waals surface area contributed by atoms with Gasteiger partial charge in [-0.25, -0.2) is 0 Å². The molecule has 0 radical (unpaired) electrons. The first-order valence-electron chi connectivity index (χ1n) is 7.23. The van der Waals surface area contributed by atoms with Crippen LogP contribution in [0.4, 0.5) is 13.2 Å². The average Bonchev–Trinajstić information content (AvgIpc) is 2.92. The number of nitrogens with zero attached hydrogens (tertiary/aromatic N) is 3. The van der Waals surface area contributed by atoms with Crippen LogP contribution in [-0.4, -0.2) is 34.7 Å². The van der Waals surface area contributed by atoms with E-state index < -0.39 is 17.8 Å². The maximum Gasteiger partial charge on any atom is 0.416 e. The summed E-state index contributed by atoms with van der Waals surface area (Å²) < 4.78 is 49.9. The summed E-state index contributed by atoms with van der Waals surface area (Å²) in [6.45, 7) is 3.43. The molecule has 2 aromatic rings. The molecule has 124 valence electrons. The molecule has 0 saturated carbocycles. The molecule has 0 N–H and O–H groups in total. The number of morpholine rings is 1. The van der Waals surface area contributed by atoms with Crippen LogP contribution in [0.15, 0.2) is 28.8 Å². The lowest BCUT2D eigenvalue weighted by Gasteiger charge is -2.33. The highest BCUT2D eigenvalue weighted by atomic mass is 19.4. The van der Waals surface area contributed by atoms with Crippen LogP contribution in [0.1, 0.15) is 28.9 Å². The van der Waals surface area contributed by atoms with Crippen molar-refractivity contribution in [1.82, 2.24) is 15.0 Å². The van der Waals surface area contributed by atoms with Crippen molar-refractivity contribution in [2.45, 2.75) is 25.7 Å². The van der Waals surface area contributed by atoms with E-state index in [1.165, 1.54) is 12.1 Å². The first kappa shape index (κ1) is 15.9. The number of aryl methyl sites for hydroxylation is 1. The van der Waals surface area contributed by atoms with Gasteiger partial charge in [0.15, 0.2) is 5.82 Å². The highest BCUT2D eigenvalue weighted by molar-refractivity contribution is 5.32. The molecule has 0 spiro atoms. The largest absolute Gasteiger partial charge is 0.416 e. The van der Waals surface area contributed by atoms with Crippen LogP contribution in [0.2, 0.25) is 0 Å². The zero-order valence-corrected chi connectivity index (χ0v) is 12.5. The molecule has 1 aromatic carbocycles. The molecule has 8 heteroatoms. The van der Waals surface area contributed by atoms with E-state index in [1.807, 2.05) is 4.90 Å². The van der Waals surface area contributed by atoms with Crippen molar-refractivity contribution in [3.05, 3.63) is 47.1 Å². The fraction of sp³-hybridized carbons (Fsp3) is 0.467. The molecule has 0 bridgehead atoms. The Morgan fingerprint density at radius 2 is 2.09 bits per heavy atom. The Morgan fingerprint density at radius 3 is 2.78 bits per heavy atom. The van der Waals surface area contributed by atoms with Crippen molar-refractivity contribution in [3.63, 3.8) is 0 Å². The summed E-state index contributed by atoms with van der Waals surface area (Å²) in [5.41, 5.74) is -0.490. The monoisotopic (exact) mass is 327 g/mol. The van der Waals surface area contributed by atoms with Gasteiger partial charge in [-0.05, 0) is 11.6 Å². The predicted octanol–water partition coefficient (Wildman–Crippen LogP) is 2.97. The summed E-state index contributed by atoms with van der Waals surface area (Å²) >= 11 is 0. The molecule has 1 saturated heterocycles. The molecule has 2 heterocycles. The maximum atomic E-state index is 13.1. The fourth-order valence-electron chi connectivity index (χ4n) is 2.68. The summed E-state index contributed by atoms with van der Waals surface area (Å²) in [5, 5.41) is 3.82. The summed E-state index contributed by atoms with van der Waals surface area (Å²) in [5.74, 6) is 0.986. The van der Waals surface area contributed by atoms with E-state index in [9.17, 15) is 13.2 Å². The lowest BCUT2D eigenvalue weighted by molar-refractivity contribution is -0.140. The number of hydrogen-bond acceptors (Lipinski definition) is 5. The Kier molecular flexibility index (Phi) is 4.36. The van der Waals surface area contributed by atoms with Gasteiger partial charge in [0.25, 0.3) is 0 Å². The first-order chi connectivity index (χ1) is 10.9. The van der Waals surface area contributed by atoms with Crippen LogP contribution in [0.5, 0.6) is 0 Å². The number of ether oxygens (including phenoxy) is 1. The maximum absolute atomic E-state index is 13.1. The lowest BCUT2D eigenvalue weighted by atomic mass is 10.0. The normalized spacial score (nSPS) is 19.9. The molecule has 0 amide bonds. The number of halogens is 3. The second-order valence-corrected chi connectivity index (χ2v) is 5.41. The van der Waals surface area contributed by atoms with E-state index >= 15 is 0 Å². The molecule has 0 unspecified atom stereocenters. The minimum absolute atomic E-state index is 0.161. The van der Waals surface area contributed by atoms with Crippen molar-refractivity contribution >= 4 is 0 Å². The Balaban J connectivity index is 1.76. The quantitative estimate of drug-likeness (QED) is 0.867. The van der Waals surface area contributed by atoms with Crippen LogP contribution in [0.25, 0.3) is 0 Å². The van der Waals surface area contributed by atoms with E-state index in [1.54, 1.807) is 13.0 Å². The Labute approximate surface area is 131 Å². The third kappa shape index (κ3) is 3.70. The minimum Gasteiger partial charge on any atom is -0.371 e. The third-order valence-corrected chi connectivity index (χ3v) is 3.70. The van der Waals surface area contributed by atoms with Crippen molar-refractivity contribution in [2.24, 2.45) is 0 Å². The van der Waals surface area contributed by atoms with Gasteiger partial charge in [-0.2, -0.15) is 18.2 Å². The van der Waals surface area contributed by atoms with Gasteiger partial charge in [0.05, 0.1) is 24.8 Å². The van der Waals surface area contributed by atoms with Crippen molar-refractivity contribution in [1.29, 1.82) is 0 Å². The first-order valence-corrected chi connectivity index (χ1v) is 7.23. The molecule has 1 aromatic heterocycles. The van der Waals surface area contributed by atoms with Gasteiger partial charge in [0.1, 0.15) is 0 Å². The molecule has 5 nitrogen and oxygen atoms in total. The second kappa shape index (κ2) is 6.29. The number of aromatic nitrogens is 2. The Bertz CT molecular complexity index is 672. The van der Waals surface area contributed by atoms with Crippen molar-refractivity contribution in [2.75, 3.05) is 19.7 Å². The van der Waals surface area contributed by atoms with Crippen LogP contribution < -0.4 is 0 Å². The summed E-state index contributed by atoms with van der Waals surface area (Å²) in [6, 6.07) is 5.53. The van der Waals surface area contributed by atoms with Gasteiger partial charge in [-0.1, -0.05) is 23.4 Å². The van der Waals surface area contributed by atoms with Gasteiger partial charge in [0.2, 0.25) is 5.89 Å². The number of benzene rings is 1. The average molecular weight is 327 g/mol.